The first-order valence-electron chi connectivity index (χ1n) is 9.14. The van der Waals surface area contributed by atoms with Crippen molar-refractivity contribution in [2.24, 2.45) is 0 Å². The fourth-order valence-corrected chi connectivity index (χ4v) is 3.30. The van der Waals surface area contributed by atoms with E-state index in [1.807, 2.05) is 35.2 Å². The maximum atomic E-state index is 14.5. The summed E-state index contributed by atoms with van der Waals surface area (Å²) in [6.07, 6.45) is -0.0212. The summed E-state index contributed by atoms with van der Waals surface area (Å²) in [5, 5.41) is 19.9. The summed E-state index contributed by atoms with van der Waals surface area (Å²) in [6.45, 7) is 0.348. The van der Waals surface area contributed by atoms with E-state index in [2.05, 4.69) is 15.6 Å². The van der Waals surface area contributed by atoms with Gasteiger partial charge in [0.2, 0.25) is 0 Å². The molecule has 1 aliphatic rings. The summed E-state index contributed by atoms with van der Waals surface area (Å²) in [5.41, 5.74) is 2.23. The van der Waals surface area contributed by atoms with Gasteiger partial charge in [-0.2, -0.15) is 0 Å². The molecular weight excluding hydrogens is 381 g/mol. The number of nitrogens with zero attached hydrogens (tertiary/aromatic N) is 4. The maximum absolute atomic E-state index is 14.5. The van der Waals surface area contributed by atoms with Gasteiger partial charge in [0.1, 0.15) is 18.6 Å². The third kappa shape index (κ3) is 4.06. The van der Waals surface area contributed by atoms with Gasteiger partial charge in [-0.3, -0.25) is 4.79 Å². The molecule has 9 nitrogen and oxygen atoms in total. The number of alkyl halides is 1. The van der Waals surface area contributed by atoms with Gasteiger partial charge in [-0.25, -0.2) is 4.39 Å². The average molecular weight is 401 g/mol. The first-order chi connectivity index (χ1) is 14.2. The topological polar surface area (TPSA) is 108 Å². The van der Waals surface area contributed by atoms with Crippen molar-refractivity contribution in [2.75, 3.05) is 36.5 Å². The summed E-state index contributed by atoms with van der Waals surface area (Å²) in [5.74, 6) is 0.596. The highest BCUT2D eigenvalue weighted by atomic mass is 19.1. The van der Waals surface area contributed by atoms with Crippen molar-refractivity contribution < 1.29 is 23.3 Å². The van der Waals surface area contributed by atoms with E-state index in [0.29, 0.717) is 30.4 Å². The van der Waals surface area contributed by atoms with Crippen LogP contribution in [0.3, 0.4) is 0 Å². The zero-order valence-electron chi connectivity index (χ0n) is 15.5. The second-order valence-corrected chi connectivity index (χ2v) is 6.56. The molecule has 1 amide bonds. The molecule has 0 spiro atoms. The number of halogens is 1. The van der Waals surface area contributed by atoms with Crippen LogP contribution >= 0.6 is 0 Å². The molecule has 3 heterocycles. The summed E-state index contributed by atoms with van der Waals surface area (Å²) < 4.78 is 24.7. The van der Waals surface area contributed by atoms with Crippen LogP contribution in [-0.4, -0.2) is 58.8 Å². The molecule has 1 saturated heterocycles. The number of hydrogen-bond acceptors (Lipinski definition) is 8. The molecule has 0 saturated carbocycles. The molecule has 152 valence electrons. The second kappa shape index (κ2) is 8.31. The van der Waals surface area contributed by atoms with Gasteiger partial charge in [-0.1, -0.05) is 28.5 Å². The third-order valence-electron chi connectivity index (χ3n) is 4.74. The van der Waals surface area contributed by atoms with Crippen molar-refractivity contribution in [2.45, 2.75) is 12.8 Å². The van der Waals surface area contributed by atoms with Gasteiger partial charge in [-0.05, 0) is 6.07 Å². The lowest BCUT2D eigenvalue weighted by Crippen LogP contribution is -2.54. The molecule has 0 bridgehead atoms. The monoisotopic (exact) mass is 401 g/mol. The Balaban J connectivity index is 1.50. The number of hydrogen-bond donors (Lipinski definition) is 2. The van der Waals surface area contributed by atoms with E-state index in [1.165, 1.54) is 6.26 Å². The molecule has 0 aliphatic carbocycles. The first-order valence-corrected chi connectivity index (χ1v) is 9.14. The van der Waals surface area contributed by atoms with E-state index in [1.54, 1.807) is 6.07 Å². The van der Waals surface area contributed by atoms with Crippen LogP contribution in [0.25, 0.3) is 11.3 Å². The number of nitrogens with one attached hydrogen (secondary N) is 1. The molecule has 1 unspecified atom stereocenters. The number of aromatic nitrogens is 2. The molecule has 10 heteroatoms. The average Bonchev–Trinajstić information content (AvgIpc) is 3.43. The van der Waals surface area contributed by atoms with E-state index < -0.39 is 18.8 Å². The van der Waals surface area contributed by atoms with Crippen LogP contribution in [0.1, 0.15) is 5.76 Å². The van der Waals surface area contributed by atoms with Crippen molar-refractivity contribution >= 4 is 17.4 Å². The number of rotatable bonds is 6. The molecular formula is C19H20FN5O4. The number of anilines is 2. The van der Waals surface area contributed by atoms with Gasteiger partial charge in [0, 0.05) is 36.5 Å². The summed E-state index contributed by atoms with van der Waals surface area (Å²) in [7, 11) is 0. The molecule has 1 aromatic carbocycles. The highest BCUT2D eigenvalue weighted by molar-refractivity contribution is 5.79. The number of carbonyl (C=O) groups is 1. The molecule has 4 rings (SSSR count). The Morgan fingerprint density at radius 2 is 2.14 bits per heavy atom. The minimum Gasteiger partial charge on any atom is -0.387 e. The minimum absolute atomic E-state index is 0.0151. The number of para-hydroxylation sites is 1. The van der Waals surface area contributed by atoms with Crippen LogP contribution in [0.5, 0.6) is 0 Å². The number of piperazine rings is 1. The van der Waals surface area contributed by atoms with Gasteiger partial charge in [-0.15, -0.1) is 0 Å². The maximum Gasteiger partial charge on any atom is 0.250 e. The smallest absolute Gasteiger partial charge is 0.250 e. The van der Waals surface area contributed by atoms with Gasteiger partial charge in [0.15, 0.2) is 17.9 Å². The number of benzene rings is 1. The number of aliphatic hydroxyl groups excluding tert-OH is 1. The van der Waals surface area contributed by atoms with Gasteiger partial charge >= 0.3 is 0 Å². The Bertz CT molecular complexity index is 961. The van der Waals surface area contributed by atoms with Crippen molar-refractivity contribution in [1.29, 1.82) is 0 Å². The number of amides is 1. The van der Waals surface area contributed by atoms with E-state index in [-0.39, 0.29) is 13.1 Å². The van der Waals surface area contributed by atoms with Crippen LogP contribution in [0.15, 0.2) is 51.7 Å². The summed E-state index contributed by atoms with van der Waals surface area (Å²) in [6, 6.07) is 11.0. The predicted molar refractivity (Wildman–Crippen MR) is 102 cm³/mol. The van der Waals surface area contributed by atoms with E-state index in [9.17, 15) is 9.18 Å². The SMILES string of the molecule is O=C(CO)N1CCN(c2ccccc2-c2cc(CNc3ccon3)on2)CC1F. The van der Waals surface area contributed by atoms with Crippen LogP contribution in [0.2, 0.25) is 0 Å². The zero-order valence-corrected chi connectivity index (χ0v) is 15.5. The molecule has 1 aliphatic heterocycles. The van der Waals surface area contributed by atoms with Crippen molar-refractivity contribution in [3.05, 3.63) is 48.4 Å². The van der Waals surface area contributed by atoms with Crippen molar-refractivity contribution in [1.82, 2.24) is 15.2 Å². The summed E-state index contributed by atoms with van der Waals surface area (Å²) >= 11 is 0. The largest absolute Gasteiger partial charge is 0.387 e. The third-order valence-corrected chi connectivity index (χ3v) is 4.74. The summed E-state index contributed by atoms with van der Waals surface area (Å²) in [4.78, 5) is 14.6. The lowest BCUT2D eigenvalue weighted by molar-refractivity contribution is -0.140. The molecule has 1 atom stereocenters. The Hall–Kier alpha value is -3.40. The first kappa shape index (κ1) is 18.9. The van der Waals surface area contributed by atoms with Crippen molar-refractivity contribution in [3.63, 3.8) is 0 Å². The van der Waals surface area contributed by atoms with Crippen LogP contribution < -0.4 is 10.2 Å². The second-order valence-electron chi connectivity index (χ2n) is 6.56. The molecule has 1 fully saturated rings. The standard InChI is InChI=1S/C19H20FN5O4/c20-17-11-24(6-7-25(17)19(27)12-26)16-4-2-1-3-14(16)15-9-13(29-22-15)10-21-18-5-8-28-23-18/h1-5,8-9,17,26H,6-7,10-12H2,(H,21,23). The molecule has 2 aromatic heterocycles. The predicted octanol–water partition coefficient (Wildman–Crippen LogP) is 1.88. The number of aliphatic hydroxyl groups is 1. The normalized spacial score (nSPS) is 16.8. The van der Waals surface area contributed by atoms with Crippen molar-refractivity contribution in [3.8, 4) is 11.3 Å². The Labute approximate surface area is 165 Å². The Morgan fingerprint density at radius 3 is 2.90 bits per heavy atom. The molecule has 3 aromatic rings. The molecule has 29 heavy (non-hydrogen) atoms. The van der Waals surface area contributed by atoms with Gasteiger partial charge < -0.3 is 29.3 Å². The van der Waals surface area contributed by atoms with Gasteiger partial charge in [0.25, 0.3) is 5.91 Å². The molecule has 0 radical (unpaired) electrons. The highest BCUT2D eigenvalue weighted by Gasteiger charge is 2.31. The van der Waals surface area contributed by atoms with Crippen LogP contribution in [0.4, 0.5) is 15.9 Å². The van der Waals surface area contributed by atoms with E-state index in [4.69, 9.17) is 14.2 Å². The zero-order chi connectivity index (χ0) is 20.2. The lowest BCUT2D eigenvalue weighted by atomic mass is 10.1. The Kier molecular flexibility index (Phi) is 5.43. The lowest BCUT2D eigenvalue weighted by Gasteiger charge is -2.39. The minimum atomic E-state index is -1.49. The molecule has 2 N–H and O–H groups in total. The van der Waals surface area contributed by atoms with E-state index >= 15 is 0 Å². The number of carbonyl (C=O) groups excluding carboxylic acids is 1. The van der Waals surface area contributed by atoms with Crippen LogP contribution in [-0.2, 0) is 11.3 Å². The van der Waals surface area contributed by atoms with Crippen LogP contribution in [0, 0.1) is 0 Å². The fourth-order valence-electron chi connectivity index (χ4n) is 3.30. The van der Waals surface area contributed by atoms with Gasteiger partial charge in [0.05, 0.1) is 13.1 Å². The Morgan fingerprint density at radius 1 is 1.28 bits per heavy atom. The highest BCUT2D eigenvalue weighted by Crippen LogP contribution is 2.32. The fraction of sp³-hybridized carbons (Fsp3) is 0.316. The quantitative estimate of drug-likeness (QED) is 0.603. The van der Waals surface area contributed by atoms with E-state index in [0.717, 1.165) is 16.2 Å².